The summed E-state index contributed by atoms with van der Waals surface area (Å²) >= 11 is 0. The molecule has 104 valence electrons. The van der Waals surface area contributed by atoms with Gasteiger partial charge in [-0.1, -0.05) is 44.6 Å². The van der Waals surface area contributed by atoms with Crippen LogP contribution >= 0.6 is 0 Å². The third kappa shape index (κ3) is 1.66. The van der Waals surface area contributed by atoms with Crippen molar-refractivity contribution in [1.29, 1.82) is 0 Å². The summed E-state index contributed by atoms with van der Waals surface area (Å²) in [5.41, 5.74) is 14.8. The van der Waals surface area contributed by atoms with E-state index in [4.69, 9.17) is 0 Å². The van der Waals surface area contributed by atoms with Crippen LogP contribution in [0.15, 0.2) is 44.6 Å². The van der Waals surface area contributed by atoms with Crippen molar-refractivity contribution in [2.24, 2.45) is 0 Å². The molecule has 0 heteroatoms. The van der Waals surface area contributed by atoms with E-state index in [1.54, 1.807) is 0 Å². The lowest BCUT2D eigenvalue weighted by molar-refractivity contribution is 0.618. The Bertz CT molecular complexity index is 458. The molecule has 20 heavy (non-hydrogen) atoms. The molecule has 0 radical (unpaired) electrons. The van der Waals surface area contributed by atoms with Gasteiger partial charge in [0, 0.05) is 0 Å². The quantitative estimate of drug-likeness (QED) is 0.476. The first-order valence-electron chi connectivity index (χ1n) is 8.66. The lowest BCUT2D eigenvalue weighted by Crippen LogP contribution is -2.17. The van der Waals surface area contributed by atoms with Gasteiger partial charge in [0.1, 0.15) is 0 Å². The first kappa shape index (κ1) is 11.6. The van der Waals surface area contributed by atoms with Crippen molar-refractivity contribution in [1.82, 2.24) is 0 Å². The predicted molar refractivity (Wildman–Crippen MR) is 83.5 cm³/mol. The Kier molecular flexibility index (Phi) is 2.45. The summed E-state index contributed by atoms with van der Waals surface area (Å²) in [6.45, 7) is 0. The molecule has 4 rings (SSSR count). The maximum Gasteiger partial charge on any atom is -0.0103 e. The van der Waals surface area contributed by atoms with E-state index >= 15 is 0 Å². The summed E-state index contributed by atoms with van der Waals surface area (Å²) in [7, 11) is 0. The molecule has 0 amide bonds. The zero-order valence-corrected chi connectivity index (χ0v) is 12.5. The lowest BCUT2D eigenvalue weighted by Gasteiger charge is -2.37. The van der Waals surface area contributed by atoms with Crippen molar-refractivity contribution >= 4 is 0 Å². The molecule has 0 aromatic heterocycles. The Morgan fingerprint density at radius 2 is 0.400 bits per heavy atom. The number of rotatable bonds is 0. The van der Waals surface area contributed by atoms with Gasteiger partial charge in [-0.3, -0.25) is 0 Å². The molecule has 0 N–H and O–H groups in total. The monoisotopic (exact) mass is 264 g/mol. The Labute approximate surface area is 122 Å². The maximum atomic E-state index is 1.86. The van der Waals surface area contributed by atoms with Crippen molar-refractivity contribution in [3.63, 3.8) is 0 Å². The summed E-state index contributed by atoms with van der Waals surface area (Å²) in [5, 5.41) is 0. The largest absolute Gasteiger partial charge is 0.0663 e. The molecule has 4 aliphatic carbocycles. The normalized spacial score (nSPS) is 28.8. The fourth-order valence-corrected chi connectivity index (χ4v) is 5.36. The second-order valence-corrected chi connectivity index (χ2v) is 7.54. The summed E-state index contributed by atoms with van der Waals surface area (Å²) in [6, 6.07) is 0. The smallest absolute Gasteiger partial charge is 0.0103 e. The standard InChI is InChI=1S/C20H24/c1-2-14-10-18-6-5-16-9-13(1)15-3-4-17(14)12-20(18)8-7-19(16)11-15/h1-12H2. The number of allylic oxidation sites excluding steroid dienone is 8. The Balaban J connectivity index is 1.70. The van der Waals surface area contributed by atoms with E-state index < -0.39 is 0 Å². The average molecular weight is 264 g/mol. The Morgan fingerprint density at radius 1 is 0.250 bits per heavy atom. The van der Waals surface area contributed by atoms with E-state index in [1.165, 1.54) is 77.0 Å². The molecule has 0 spiro atoms. The van der Waals surface area contributed by atoms with Crippen LogP contribution in [-0.4, -0.2) is 0 Å². The van der Waals surface area contributed by atoms with Crippen molar-refractivity contribution in [3.8, 4) is 0 Å². The molecule has 0 nitrogen and oxygen atoms in total. The predicted octanol–water partition coefficient (Wildman–Crippen LogP) is 5.92. The minimum absolute atomic E-state index is 1.36. The highest BCUT2D eigenvalue weighted by Crippen LogP contribution is 2.49. The molecule has 4 aliphatic rings. The molecule has 0 saturated heterocycles. The van der Waals surface area contributed by atoms with Crippen molar-refractivity contribution in [2.45, 2.75) is 77.0 Å². The zero-order chi connectivity index (χ0) is 13.1. The third-order valence-corrected chi connectivity index (χ3v) is 6.62. The molecular formula is C20H24. The van der Waals surface area contributed by atoms with Gasteiger partial charge in [0.2, 0.25) is 0 Å². The molecule has 0 atom stereocenters. The molecule has 0 fully saturated rings. The van der Waals surface area contributed by atoms with Crippen LogP contribution in [0.25, 0.3) is 0 Å². The Hall–Kier alpha value is -1.04. The highest BCUT2D eigenvalue weighted by Gasteiger charge is 2.30. The van der Waals surface area contributed by atoms with E-state index in [0.29, 0.717) is 0 Å². The Morgan fingerprint density at radius 3 is 0.550 bits per heavy atom. The lowest BCUT2D eigenvalue weighted by atomic mass is 9.69. The molecule has 0 bridgehead atoms. The first-order chi connectivity index (χ1) is 9.87. The van der Waals surface area contributed by atoms with Gasteiger partial charge < -0.3 is 0 Å². The fourth-order valence-electron chi connectivity index (χ4n) is 5.36. The van der Waals surface area contributed by atoms with Gasteiger partial charge in [0.05, 0.1) is 0 Å². The minimum atomic E-state index is 1.36. The highest BCUT2D eigenvalue weighted by molar-refractivity contribution is 5.44. The van der Waals surface area contributed by atoms with Crippen LogP contribution in [0.5, 0.6) is 0 Å². The summed E-state index contributed by atoms with van der Waals surface area (Å²) < 4.78 is 0. The first-order valence-corrected chi connectivity index (χ1v) is 8.66. The second-order valence-electron chi connectivity index (χ2n) is 7.54. The van der Waals surface area contributed by atoms with Crippen LogP contribution in [0, 0.1) is 0 Å². The molecule has 0 unspecified atom stereocenters. The van der Waals surface area contributed by atoms with Gasteiger partial charge in [-0.25, -0.2) is 0 Å². The van der Waals surface area contributed by atoms with Gasteiger partial charge in [0.25, 0.3) is 0 Å². The van der Waals surface area contributed by atoms with Gasteiger partial charge in [-0.2, -0.15) is 0 Å². The van der Waals surface area contributed by atoms with Crippen LogP contribution in [0.1, 0.15) is 77.0 Å². The van der Waals surface area contributed by atoms with Gasteiger partial charge in [-0.05, 0) is 77.0 Å². The van der Waals surface area contributed by atoms with Crippen LogP contribution < -0.4 is 0 Å². The molecular weight excluding hydrogens is 240 g/mol. The summed E-state index contributed by atoms with van der Waals surface area (Å²) in [4.78, 5) is 0. The van der Waals surface area contributed by atoms with Crippen LogP contribution in [0.2, 0.25) is 0 Å². The zero-order valence-electron chi connectivity index (χ0n) is 12.5. The van der Waals surface area contributed by atoms with Crippen molar-refractivity contribution in [3.05, 3.63) is 44.6 Å². The summed E-state index contributed by atoms with van der Waals surface area (Å²) in [5.74, 6) is 0. The maximum absolute atomic E-state index is 1.86. The average Bonchev–Trinajstić information content (AvgIpc) is 2.42. The van der Waals surface area contributed by atoms with Gasteiger partial charge in [0.15, 0.2) is 0 Å². The summed E-state index contributed by atoms with van der Waals surface area (Å²) in [6.07, 6.45) is 16.5. The number of hydrogen-bond donors (Lipinski definition) is 0. The van der Waals surface area contributed by atoms with Gasteiger partial charge >= 0.3 is 0 Å². The fraction of sp³-hybridized carbons (Fsp3) is 0.600. The molecule has 0 heterocycles. The van der Waals surface area contributed by atoms with E-state index in [0.717, 1.165) is 0 Å². The second kappa shape index (κ2) is 4.23. The van der Waals surface area contributed by atoms with E-state index in [9.17, 15) is 0 Å². The van der Waals surface area contributed by atoms with Crippen LogP contribution in [0.4, 0.5) is 0 Å². The SMILES string of the molecule is C1CC2=C3CCC4=C1CC1=C(CCC(=C(CC1)C2)C3)C4. The minimum Gasteiger partial charge on any atom is -0.0663 e. The molecule has 0 saturated carbocycles. The van der Waals surface area contributed by atoms with E-state index in [-0.39, 0.29) is 0 Å². The number of hydrogen-bond acceptors (Lipinski definition) is 0. The highest BCUT2D eigenvalue weighted by atomic mass is 14.4. The molecule has 0 aliphatic heterocycles. The van der Waals surface area contributed by atoms with Crippen LogP contribution in [-0.2, 0) is 0 Å². The van der Waals surface area contributed by atoms with Crippen LogP contribution in [0.3, 0.4) is 0 Å². The van der Waals surface area contributed by atoms with Crippen molar-refractivity contribution < 1.29 is 0 Å². The molecule has 0 aromatic rings. The third-order valence-electron chi connectivity index (χ3n) is 6.62. The molecule has 0 aromatic carbocycles. The van der Waals surface area contributed by atoms with E-state index in [1.807, 2.05) is 44.6 Å². The topological polar surface area (TPSA) is 0 Å². The van der Waals surface area contributed by atoms with Crippen molar-refractivity contribution in [2.75, 3.05) is 0 Å². The van der Waals surface area contributed by atoms with E-state index in [2.05, 4.69) is 0 Å². The van der Waals surface area contributed by atoms with Gasteiger partial charge in [-0.15, -0.1) is 0 Å².